The first kappa shape index (κ1) is 17.9. The normalized spacial score (nSPS) is 11.2. The Labute approximate surface area is 145 Å². The number of hydrogen-bond acceptors (Lipinski definition) is 2. The summed E-state index contributed by atoms with van der Waals surface area (Å²) in [5.74, 6) is 1.80. The van der Waals surface area contributed by atoms with Crippen LogP contribution in [0.2, 0.25) is 0 Å². The molecule has 0 amide bonds. The van der Waals surface area contributed by atoms with Gasteiger partial charge in [-0.3, -0.25) is 4.99 Å². The molecule has 24 heavy (non-hydrogen) atoms. The molecule has 128 valence electrons. The number of benzene rings is 2. The summed E-state index contributed by atoms with van der Waals surface area (Å²) in [7, 11) is 5.56. The van der Waals surface area contributed by atoms with E-state index in [1.54, 1.807) is 7.11 Å². The van der Waals surface area contributed by atoms with E-state index in [2.05, 4.69) is 64.7 Å². The summed E-state index contributed by atoms with van der Waals surface area (Å²) in [4.78, 5) is 6.50. The Balaban J connectivity index is 1.77. The zero-order valence-corrected chi connectivity index (χ0v) is 14.8. The third kappa shape index (κ3) is 5.61. The van der Waals surface area contributed by atoms with Gasteiger partial charge in [-0.1, -0.05) is 42.5 Å². The van der Waals surface area contributed by atoms with E-state index in [0.29, 0.717) is 0 Å². The van der Waals surface area contributed by atoms with Crippen LogP contribution in [0.3, 0.4) is 0 Å². The molecule has 0 saturated carbocycles. The van der Waals surface area contributed by atoms with Crippen LogP contribution in [0.5, 0.6) is 5.75 Å². The van der Waals surface area contributed by atoms with Gasteiger partial charge < -0.3 is 15.0 Å². The molecule has 0 radical (unpaired) electrons. The maximum atomic E-state index is 5.20. The van der Waals surface area contributed by atoms with E-state index >= 15 is 0 Å². The Morgan fingerprint density at radius 3 is 2.38 bits per heavy atom. The van der Waals surface area contributed by atoms with Crippen molar-refractivity contribution in [3.8, 4) is 5.75 Å². The fraction of sp³-hybridized carbons (Fsp3) is 0.350. The van der Waals surface area contributed by atoms with Crippen LogP contribution in [-0.4, -0.2) is 38.6 Å². The smallest absolute Gasteiger partial charge is 0.193 e. The third-order valence-corrected chi connectivity index (χ3v) is 3.92. The number of nitrogens with one attached hydrogen (secondary N) is 1. The van der Waals surface area contributed by atoms with Crippen molar-refractivity contribution >= 4 is 5.96 Å². The summed E-state index contributed by atoms with van der Waals surface area (Å²) in [5, 5.41) is 3.43. The average molecular weight is 325 g/mol. The molecule has 0 aliphatic carbocycles. The minimum atomic E-state index is 0.808. The molecule has 2 aromatic carbocycles. The molecule has 4 heteroatoms. The highest BCUT2D eigenvalue weighted by Gasteiger charge is 2.06. The highest BCUT2D eigenvalue weighted by atomic mass is 16.5. The van der Waals surface area contributed by atoms with E-state index in [1.165, 1.54) is 11.1 Å². The topological polar surface area (TPSA) is 36.9 Å². The Kier molecular flexibility index (Phi) is 7.15. The van der Waals surface area contributed by atoms with Crippen molar-refractivity contribution < 1.29 is 4.74 Å². The Bertz CT molecular complexity index is 623. The molecule has 0 aliphatic rings. The molecule has 0 aromatic heterocycles. The van der Waals surface area contributed by atoms with Gasteiger partial charge in [0.05, 0.1) is 7.11 Å². The molecule has 0 spiro atoms. The molecule has 1 N–H and O–H groups in total. The number of methoxy groups -OCH3 is 1. The second-order valence-electron chi connectivity index (χ2n) is 5.77. The molecule has 0 bridgehead atoms. The second kappa shape index (κ2) is 9.60. The number of guanidine groups is 1. The largest absolute Gasteiger partial charge is 0.497 e. The lowest BCUT2D eigenvalue weighted by molar-refractivity contribution is 0.414. The Morgan fingerprint density at radius 2 is 1.75 bits per heavy atom. The van der Waals surface area contributed by atoms with E-state index < -0.39 is 0 Å². The summed E-state index contributed by atoms with van der Waals surface area (Å²) < 4.78 is 5.20. The number of aryl methyl sites for hydroxylation is 1. The van der Waals surface area contributed by atoms with Crippen molar-refractivity contribution in [3.63, 3.8) is 0 Å². The van der Waals surface area contributed by atoms with Gasteiger partial charge in [-0.2, -0.15) is 0 Å². The Hall–Kier alpha value is -2.49. The minimum absolute atomic E-state index is 0.808. The minimum Gasteiger partial charge on any atom is -0.497 e. The van der Waals surface area contributed by atoms with Crippen LogP contribution in [0.4, 0.5) is 0 Å². The predicted molar refractivity (Wildman–Crippen MR) is 101 cm³/mol. The molecular formula is C20H27N3O. The summed E-state index contributed by atoms with van der Waals surface area (Å²) in [6, 6.07) is 18.7. The summed E-state index contributed by atoms with van der Waals surface area (Å²) in [6.45, 7) is 1.72. The molecule has 0 heterocycles. The van der Waals surface area contributed by atoms with Crippen molar-refractivity contribution in [1.82, 2.24) is 10.2 Å². The van der Waals surface area contributed by atoms with Crippen molar-refractivity contribution in [1.29, 1.82) is 0 Å². The first-order chi connectivity index (χ1) is 11.7. The predicted octanol–water partition coefficient (Wildman–Crippen LogP) is 3.34. The van der Waals surface area contributed by atoms with Crippen LogP contribution in [-0.2, 0) is 13.0 Å². The van der Waals surface area contributed by atoms with E-state index in [1.807, 2.05) is 19.2 Å². The molecule has 2 rings (SSSR count). The third-order valence-electron chi connectivity index (χ3n) is 3.92. The van der Waals surface area contributed by atoms with Gasteiger partial charge in [0.2, 0.25) is 0 Å². The summed E-state index contributed by atoms with van der Waals surface area (Å²) in [6.07, 6.45) is 2.16. The lowest BCUT2D eigenvalue weighted by Gasteiger charge is -2.22. The second-order valence-corrected chi connectivity index (χ2v) is 5.77. The molecule has 0 aliphatic heterocycles. The van der Waals surface area contributed by atoms with Gasteiger partial charge in [0.1, 0.15) is 5.75 Å². The van der Waals surface area contributed by atoms with Gasteiger partial charge in [-0.15, -0.1) is 0 Å². The molecule has 0 fully saturated rings. The first-order valence-electron chi connectivity index (χ1n) is 8.31. The van der Waals surface area contributed by atoms with Crippen molar-refractivity contribution in [3.05, 3.63) is 65.7 Å². The van der Waals surface area contributed by atoms with E-state index in [-0.39, 0.29) is 0 Å². The number of nitrogens with zero attached hydrogens (tertiary/aromatic N) is 2. The van der Waals surface area contributed by atoms with Crippen molar-refractivity contribution in [2.24, 2.45) is 4.99 Å². The van der Waals surface area contributed by atoms with Gasteiger partial charge in [-0.05, 0) is 36.1 Å². The molecule has 0 atom stereocenters. The van der Waals surface area contributed by atoms with Crippen LogP contribution in [0.15, 0.2) is 59.6 Å². The molecule has 4 nitrogen and oxygen atoms in total. The summed E-state index contributed by atoms with van der Waals surface area (Å²) in [5.41, 5.74) is 2.60. The van der Waals surface area contributed by atoms with Gasteiger partial charge in [0, 0.05) is 27.2 Å². The SMILES string of the molecule is CN=C(NCCCc1ccccc1)N(C)Cc1ccc(OC)cc1. The van der Waals surface area contributed by atoms with Crippen molar-refractivity contribution in [2.75, 3.05) is 27.7 Å². The monoisotopic (exact) mass is 325 g/mol. The maximum Gasteiger partial charge on any atom is 0.193 e. The number of aliphatic imine (C=N–C) groups is 1. The van der Waals surface area contributed by atoms with Crippen LogP contribution >= 0.6 is 0 Å². The Morgan fingerprint density at radius 1 is 1.04 bits per heavy atom. The highest BCUT2D eigenvalue weighted by molar-refractivity contribution is 5.79. The maximum absolute atomic E-state index is 5.20. The molecule has 2 aromatic rings. The van der Waals surface area contributed by atoms with E-state index in [0.717, 1.165) is 37.6 Å². The molecule has 0 saturated heterocycles. The van der Waals surface area contributed by atoms with Crippen molar-refractivity contribution in [2.45, 2.75) is 19.4 Å². The zero-order chi connectivity index (χ0) is 17.2. The fourth-order valence-electron chi connectivity index (χ4n) is 2.60. The fourth-order valence-corrected chi connectivity index (χ4v) is 2.60. The van der Waals surface area contributed by atoms with Crippen LogP contribution in [0.25, 0.3) is 0 Å². The van der Waals surface area contributed by atoms with Crippen LogP contribution in [0, 0.1) is 0 Å². The summed E-state index contributed by atoms with van der Waals surface area (Å²) >= 11 is 0. The number of rotatable bonds is 7. The average Bonchev–Trinajstić information content (AvgIpc) is 2.63. The van der Waals surface area contributed by atoms with E-state index in [9.17, 15) is 0 Å². The van der Waals surface area contributed by atoms with Gasteiger partial charge in [-0.25, -0.2) is 0 Å². The first-order valence-corrected chi connectivity index (χ1v) is 8.31. The lowest BCUT2D eigenvalue weighted by Crippen LogP contribution is -2.39. The quantitative estimate of drug-likeness (QED) is 0.482. The molecular weight excluding hydrogens is 298 g/mol. The van der Waals surface area contributed by atoms with Crippen LogP contribution < -0.4 is 10.1 Å². The standard InChI is InChI=1S/C20H27N3O/c1-21-20(22-15-7-10-17-8-5-4-6-9-17)23(2)16-18-11-13-19(24-3)14-12-18/h4-6,8-9,11-14H,7,10,15-16H2,1-3H3,(H,21,22). The molecule has 0 unspecified atom stereocenters. The van der Waals surface area contributed by atoms with E-state index in [4.69, 9.17) is 4.74 Å². The zero-order valence-electron chi connectivity index (χ0n) is 14.8. The van der Waals surface area contributed by atoms with Gasteiger partial charge >= 0.3 is 0 Å². The lowest BCUT2D eigenvalue weighted by atomic mass is 10.1. The van der Waals surface area contributed by atoms with Crippen LogP contribution in [0.1, 0.15) is 17.5 Å². The number of hydrogen-bond donors (Lipinski definition) is 1. The van der Waals surface area contributed by atoms with Gasteiger partial charge in [0.15, 0.2) is 5.96 Å². The van der Waals surface area contributed by atoms with Gasteiger partial charge in [0.25, 0.3) is 0 Å². The highest BCUT2D eigenvalue weighted by Crippen LogP contribution is 2.12. The number of ether oxygens (including phenoxy) is 1.